The third-order valence-electron chi connectivity index (χ3n) is 4.18. The normalized spacial score (nSPS) is 17.2. The van der Waals surface area contributed by atoms with Gasteiger partial charge >= 0.3 is 0 Å². The van der Waals surface area contributed by atoms with Crippen LogP contribution in [0.4, 0.5) is 0 Å². The largest absolute Gasteiger partial charge is 0.330 e. The first-order chi connectivity index (χ1) is 9.14. The van der Waals surface area contributed by atoms with Gasteiger partial charge in [0.25, 0.3) is 0 Å². The maximum absolute atomic E-state index is 5.96. The van der Waals surface area contributed by atoms with Gasteiger partial charge in [-0.3, -0.25) is 0 Å². The van der Waals surface area contributed by atoms with Crippen LogP contribution in [0.2, 0.25) is 0 Å². The summed E-state index contributed by atoms with van der Waals surface area (Å²) < 4.78 is 1.10. The van der Waals surface area contributed by atoms with Gasteiger partial charge in [0, 0.05) is 27.4 Å². The summed E-state index contributed by atoms with van der Waals surface area (Å²) >= 11 is 5.26. The quantitative estimate of drug-likeness (QED) is 0.909. The molecular weight excluding hydrogens is 320 g/mol. The standard InChI is InChI=1S/C15H17BrN2S/c1-10-3-4-11(16)7-12(10)14-18-13(8-19-14)15(9-17)5-2-6-15/h3-4,7-8H,2,5-6,9,17H2,1H3. The molecule has 3 rings (SSSR count). The van der Waals surface area contributed by atoms with Crippen LogP contribution in [-0.2, 0) is 5.41 Å². The van der Waals surface area contributed by atoms with Crippen molar-refractivity contribution >= 4 is 27.3 Å². The zero-order valence-electron chi connectivity index (χ0n) is 10.9. The maximum atomic E-state index is 5.96. The van der Waals surface area contributed by atoms with Crippen LogP contribution in [0, 0.1) is 6.92 Å². The Labute approximate surface area is 126 Å². The molecule has 0 atom stereocenters. The fraction of sp³-hybridized carbons (Fsp3) is 0.400. The maximum Gasteiger partial charge on any atom is 0.123 e. The summed E-state index contributed by atoms with van der Waals surface area (Å²) in [5.74, 6) is 0. The van der Waals surface area contributed by atoms with Crippen molar-refractivity contribution in [1.82, 2.24) is 4.98 Å². The second kappa shape index (κ2) is 5.00. The van der Waals surface area contributed by atoms with E-state index in [9.17, 15) is 0 Å². The second-order valence-corrected chi connectivity index (χ2v) is 7.11. The predicted molar refractivity (Wildman–Crippen MR) is 84.6 cm³/mol. The molecule has 1 aliphatic rings. The molecule has 1 aliphatic carbocycles. The Morgan fingerprint density at radius 3 is 2.84 bits per heavy atom. The van der Waals surface area contributed by atoms with Crippen LogP contribution in [0.1, 0.15) is 30.5 Å². The lowest BCUT2D eigenvalue weighted by molar-refractivity contribution is 0.247. The van der Waals surface area contributed by atoms with E-state index in [-0.39, 0.29) is 5.41 Å². The topological polar surface area (TPSA) is 38.9 Å². The average Bonchev–Trinajstić information content (AvgIpc) is 2.81. The molecule has 1 saturated carbocycles. The predicted octanol–water partition coefficient (Wildman–Crippen LogP) is 4.26. The minimum Gasteiger partial charge on any atom is -0.330 e. The second-order valence-electron chi connectivity index (χ2n) is 5.34. The van der Waals surface area contributed by atoms with Crippen LogP contribution in [0.3, 0.4) is 0 Å². The molecule has 4 heteroatoms. The van der Waals surface area contributed by atoms with Crippen LogP contribution < -0.4 is 5.73 Å². The molecule has 0 amide bonds. The van der Waals surface area contributed by atoms with Crippen molar-refractivity contribution in [3.8, 4) is 10.6 Å². The van der Waals surface area contributed by atoms with Gasteiger partial charge in [0.1, 0.15) is 5.01 Å². The lowest BCUT2D eigenvalue weighted by atomic mass is 9.67. The van der Waals surface area contributed by atoms with E-state index < -0.39 is 0 Å². The number of hydrogen-bond donors (Lipinski definition) is 1. The summed E-state index contributed by atoms with van der Waals surface area (Å²) in [4.78, 5) is 4.87. The molecule has 2 nitrogen and oxygen atoms in total. The summed E-state index contributed by atoms with van der Waals surface area (Å²) in [5, 5.41) is 3.30. The highest BCUT2D eigenvalue weighted by molar-refractivity contribution is 9.10. The van der Waals surface area contributed by atoms with Gasteiger partial charge in [0.2, 0.25) is 0 Å². The van der Waals surface area contributed by atoms with Gasteiger partial charge in [0.15, 0.2) is 0 Å². The lowest BCUT2D eigenvalue weighted by Gasteiger charge is -2.39. The van der Waals surface area contributed by atoms with Gasteiger partial charge < -0.3 is 5.73 Å². The van der Waals surface area contributed by atoms with E-state index in [4.69, 9.17) is 10.7 Å². The molecule has 0 spiro atoms. The Hall–Kier alpha value is -0.710. The Morgan fingerprint density at radius 1 is 1.42 bits per heavy atom. The molecular formula is C15H17BrN2S. The van der Waals surface area contributed by atoms with Crippen LogP contribution in [0.5, 0.6) is 0 Å². The molecule has 2 N–H and O–H groups in total. The van der Waals surface area contributed by atoms with E-state index >= 15 is 0 Å². The number of aryl methyl sites for hydroxylation is 1. The van der Waals surface area contributed by atoms with Crippen molar-refractivity contribution in [2.75, 3.05) is 6.54 Å². The van der Waals surface area contributed by atoms with Crippen molar-refractivity contribution in [3.63, 3.8) is 0 Å². The van der Waals surface area contributed by atoms with Crippen LogP contribution in [-0.4, -0.2) is 11.5 Å². The summed E-state index contributed by atoms with van der Waals surface area (Å²) in [6.45, 7) is 2.85. The summed E-state index contributed by atoms with van der Waals surface area (Å²) in [5.41, 5.74) is 9.80. The molecule has 1 fully saturated rings. The molecule has 1 heterocycles. The number of nitrogens with zero attached hydrogens (tertiary/aromatic N) is 1. The van der Waals surface area contributed by atoms with Crippen molar-refractivity contribution in [2.45, 2.75) is 31.6 Å². The number of benzene rings is 1. The van der Waals surface area contributed by atoms with E-state index in [0.717, 1.165) is 9.48 Å². The molecule has 0 aliphatic heterocycles. The summed E-state index contributed by atoms with van der Waals surface area (Å²) in [7, 11) is 0. The van der Waals surface area contributed by atoms with Gasteiger partial charge in [-0.25, -0.2) is 4.98 Å². The Kier molecular flexibility index (Phi) is 3.50. The number of thiazole rings is 1. The smallest absolute Gasteiger partial charge is 0.123 e. The van der Waals surface area contributed by atoms with E-state index in [1.807, 2.05) is 0 Å². The Morgan fingerprint density at radius 2 is 2.21 bits per heavy atom. The molecule has 1 aromatic heterocycles. The third-order valence-corrected chi connectivity index (χ3v) is 5.55. The molecule has 0 saturated heterocycles. The number of hydrogen-bond acceptors (Lipinski definition) is 3. The van der Waals surface area contributed by atoms with E-state index in [2.05, 4.69) is 46.4 Å². The Bertz CT molecular complexity index is 596. The van der Waals surface area contributed by atoms with Gasteiger partial charge in [0.05, 0.1) is 5.69 Å². The molecule has 1 aromatic carbocycles. The zero-order valence-corrected chi connectivity index (χ0v) is 13.4. The zero-order chi connectivity index (χ0) is 13.5. The number of halogens is 1. The first-order valence-electron chi connectivity index (χ1n) is 6.57. The monoisotopic (exact) mass is 336 g/mol. The lowest BCUT2D eigenvalue weighted by Crippen LogP contribution is -2.41. The minimum atomic E-state index is 0.161. The van der Waals surface area contributed by atoms with Crippen molar-refractivity contribution in [2.24, 2.45) is 5.73 Å². The van der Waals surface area contributed by atoms with Crippen molar-refractivity contribution in [3.05, 3.63) is 39.3 Å². The Balaban J connectivity index is 1.99. The fourth-order valence-electron chi connectivity index (χ4n) is 2.63. The van der Waals surface area contributed by atoms with E-state index in [0.29, 0.717) is 6.54 Å². The summed E-state index contributed by atoms with van der Waals surface area (Å²) in [6, 6.07) is 6.34. The number of nitrogens with two attached hydrogens (primary N) is 1. The van der Waals surface area contributed by atoms with Crippen LogP contribution in [0.25, 0.3) is 10.6 Å². The van der Waals surface area contributed by atoms with Gasteiger partial charge in [-0.1, -0.05) is 28.4 Å². The number of aromatic nitrogens is 1. The first-order valence-corrected chi connectivity index (χ1v) is 8.24. The van der Waals surface area contributed by atoms with Gasteiger partial charge in [-0.15, -0.1) is 11.3 Å². The highest BCUT2D eigenvalue weighted by Gasteiger charge is 2.39. The van der Waals surface area contributed by atoms with Gasteiger partial charge in [-0.05, 0) is 37.5 Å². The molecule has 0 bridgehead atoms. The van der Waals surface area contributed by atoms with Gasteiger partial charge in [-0.2, -0.15) is 0 Å². The first kappa shape index (κ1) is 13.3. The average molecular weight is 337 g/mol. The highest BCUT2D eigenvalue weighted by Crippen LogP contribution is 2.44. The molecule has 0 radical (unpaired) electrons. The van der Waals surface area contributed by atoms with E-state index in [1.165, 1.54) is 36.1 Å². The van der Waals surface area contributed by atoms with Crippen molar-refractivity contribution < 1.29 is 0 Å². The van der Waals surface area contributed by atoms with Crippen LogP contribution >= 0.6 is 27.3 Å². The molecule has 19 heavy (non-hydrogen) atoms. The molecule has 0 unspecified atom stereocenters. The SMILES string of the molecule is Cc1ccc(Br)cc1-c1nc(C2(CN)CCC2)cs1. The fourth-order valence-corrected chi connectivity index (χ4v) is 4.02. The third kappa shape index (κ3) is 2.26. The van der Waals surface area contributed by atoms with E-state index in [1.54, 1.807) is 11.3 Å². The number of rotatable bonds is 3. The molecule has 2 aromatic rings. The molecule has 100 valence electrons. The summed E-state index contributed by atoms with van der Waals surface area (Å²) in [6.07, 6.45) is 3.65. The van der Waals surface area contributed by atoms with Crippen LogP contribution in [0.15, 0.2) is 28.1 Å². The highest BCUT2D eigenvalue weighted by atomic mass is 79.9. The minimum absolute atomic E-state index is 0.161. The van der Waals surface area contributed by atoms with Crippen molar-refractivity contribution in [1.29, 1.82) is 0 Å².